The first-order valence-corrected chi connectivity index (χ1v) is 6.90. The fourth-order valence-corrected chi connectivity index (χ4v) is 2.53. The molecule has 90 valence electrons. The molecule has 0 bridgehead atoms. The number of benzene rings is 1. The van der Waals surface area contributed by atoms with Gasteiger partial charge in [0.2, 0.25) is 0 Å². The molecule has 1 fully saturated rings. The number of rotatable bonds is 4. The van der Waals surface area contributed by atoms with E-state index in [9.17, 15) is 0 Å². The summed E-state index contributed by atoms with van der Waals surface area (Å²) < 4.78 is 2.31. The number of hydrogen-bond donors (Lipinski definition) is 0. The van der Waals surface area contributed by atoms with E-state index in [4.69, 9.17) is 23.2 Å². The summed E-state index contributed by atoms with van der Waals surface area (Å²) in [6.07, 6.45) is 3.50. The number of alkyl halides is 1. The van der Waals surface area contributed by atoms with Crippen molar-refractivity contribution in [2.24, 2.45) is 5.92 Å². The minimum atomic E-state index is 0.613. The molecule has 1 aromatic carbocycles. The van der Waals surface area contributed by atoms with Crippen LogP contribution in [0.4, 0.5) is 0 Å². The van der Waals surface area contributed by atoms with Crippen molar-refractivity contribution in [2.45, 2.75) is 25.8 Å². The molecule has 0 atom stereocenters. The van der Waals surface area contributed by atoms with Crippen LogP contribution >= 0.6 is 23.2 Å². The van der Waals surface area contributed by atoms with Crippen LogP contribution in [0.1, 0.15) is 18.7 Å². The van der Waals surface area contributed by atoms with E-state index < -0.39 is 0 Å². The van der Waals surface area contributed by atoms with Crippen molar-refractivity contribution in [3.8, 4) is 0 Å². The van der Waals surface area contributed by atoms with Gasteiger partial charge in [0.1, 0.15) is 5.82 Å². The Morgan fingerprint density at radius 2 is 2.18 bits per heavy atom. The molecule has 1 heterocycles. The molecule has 0 aliphatic heterocycles. The summed E-state index contributed by atoms with van der Waals surface area (Å²) in [5, 5.41) is 0.742. The summed E-state index contributed by atoms with van der Waals surface area (Å²) in [4.78, 5) is 4.64. The number of fused-ring (bicyclic) bond motifs is 1. The van der Waals surface area contributed by atoms with E-state index in [1.54, 1.807) is 0 Å². The van der Waals surface area contributed by atoms with Crippen LogP contribution in [0.5, 0.6) is 0 Å². The molecule has 17 heavy (non-hydrogen) atoms. The normalized spacial score (nSPS) is 15.6. The smallest absolute Gasteiger partial charge is 0.111 e. The van der Waals surface area contributed by atoms with E-state index in [0.717, 1.165) is 35.2 Å². The van der Waals surface area contributed by atoms with Crippen LogP contribution < -0.4 is 0 Å². The molecule has 1 aliphatic rings. The zero-order valence-corrected chi connectivity index (χ0v) is 11.0. The van der Waals surface area contributed by atoms with E-state index in [0.29, 0.717) is 5.88 Å². The predicted octanol–water partition coefficient (Wildman–Crippen LogP) is 3.88. The van der Waals surface area contributed by atoms with E-state index in [2.05, 4.69) is 15.6 Å². The molecule has 0 amide bonds. The molecule has 0 saturated heterocycles. The van der Waals surface area contributed by atoms with Crippen LogP contribution in [0.2, 0.25) is 5.02 Å². The lowest BCUT2D eigenvalue weighted by molar-refractivity contribution is 0.615. The minimum Gasteiger partial charge on any atom is -0.328 e. The predicted molar refractivity (Wildman–Crippen MR) is 71.9 cm³/mol. The van der Waals surface area contributed by atoms with Gasteiger partial charge in [0.25, 0.3) is 0 Å². The maximum Gasteiger partial charge on any atom is 0.111 e. The first kappa shape index (κ1) is 11.4. The van der Waals surface area contributed by atoms with Gasteiger partial charge in [0.15, 0.2) is 0 Å². The zero-order chi connectivity index (χ0) is 11.8. The van der Waals surface area contributed by atoms with E-state index in [-0.39, 0.29) is 0 Å². The standard InChI is InChI=1S/C13H14Cl2N2/c14-6-5-13-16-11-7-10(15)3-4-12(11)17(13)8-9-1-2-9/h3-4,7,9H,1-2,5-6,8H2. The molecule has 0 unspecified atom stereocenters. The fraction of sp³-hybridized carbons (Fsp3) is 0.462. The molecule has 0 N–H and O–H groups in total. The third-order valence-electron chi connectivity index (χ3n) is 3.25. The highest BCUT2D eigenvalue weighted by atomic mass is 35.5. The van der Waals surface area contributed by atoms with Gasteiger partial charge in [0, 0.05) is 23.9 Å². The quantitative estimate of drug-likeness (QED) is 0.770. The largest absolute Gasteiger partial charge is 0.328 e. The summed E-state index contributed by atoms with van der Waals surface area (Å²) >= 11 is 11.8. The number of aryl methyl sites for hydroxylation is 1. The Balaban J connectivity index is 2.08. The van der Waals surface area contributed by atoms with Crippen molar-refractivity contribution < 1.29 is 0 Å². The minimum absolute atomic E-state index is 0.613. The third-order valence-corrected chi connectivity index (χ3v) is 3.67. The van der Waals surface area contributed by atoms with Crippen molar-refractivity contribution in [1.82, 2.24) is 9.55 Å². The second-order valence-corrected chi connectivity index (χ2v) is 5.47. The average Bonchev–Trinajstić information content (AvgIpc) is 3.04. The van der Waals surface area contributed by atoms with E-state index >= 15 is 0 Å². The zero-order valence-electron chi connectivity index (χ0n) is 9.50. The Hall–Kier alpha value is -0.730. The maximum absolute atomic E-state index is 6.00. The number of hydrogen-bond acceptors (Lipinski definition) is 1. The Bertz CT molecular complexity index is 544. The van der Waals surface area contributed by atoms with Crippen LogP contribution in [0.3, 0.4) is 0 Å². The highest BCUT2D eigenvalue weighted by Crippen LogP contribution is 2.33. The molecule has 3 rings (SSSR count). The van der Waals surface area contributed by atoms with Crippen molar-refractivity contribution in [3.63, 3.8) is 0 Å². The van der Waals surface area contributed by atoms with Gasteiger partial charge in [-0.3, -0.25) is 0 Å². The van der Waals surface area contributed by atoms with Gasteiger partial charge in [-0.15, -0.1) is 11.6 Å². The second-order valence-electron chi connectivity index (χ2n) is 4.65. The number of nitrogens with zero attached hydrogens (tertiary/aromatic N) is 2. The third kappa shape index (κ3) is 2.29. The average molecular weight is 269 g/mol. The lowest BCUT2D eigenvalue weighted by atomic mass is 10.3. The molecule has 0 spiro atoms. The van der Waals surface area contributed by atoms with Gasteiger partial charge in [0.05, 0.1) is 11.0 Å². The van der Waals surface area contributed by atoms with Crippen LogP contribution in [0.15, 0.2) is 18.2 Å². The lowest BCUT2D eigenvalue weighted by Gasteiger charge is -2.07. The molecular weight excluding hydrogens is 255 g/mol. The highest BCUT2D eigenvalue weighted by Gasteiger charge is 2.24. The first-order valence-electron chi connectivity index (χ1n) is 5.98. The Labute approximate surface area is 111 Å². The second kappa shape index (κ2) is 4.51. The van der Waals surface area contributed by atoms with Crippen LogP contribution in [0, 0.1) is 5.92 Å². The van der Waals surface area contributed by atoms with Gasteiger partial charge < -0.3 is 4.57 Å². The van der Waals surface area contributed by atoms with Gasteiger partial charge in [-0.2, -0.15) is 0 Å². The SMILES string of the molecule is ClCCc1nc2cc(Cl)ccc2n1CC1CC1. The fourth-order valence-electron chi connectivity index (χ4n) is 2.19. The Morgan fingerprint density at radius 3 is 2.88 bits per heavy atom. The molecule has 2 nitrogen and oxygen atoms in total. The van der Waals surface area contributed by atoms with Gasteiger partial charge in [-0.1, -0.05) is 11.6 Å². The summed E-state index contributed by atoms with van der Waals surface area (Å²) in [5.41, 5.74) is 2.17. The molecule has 1 saturated carbocycles. The van der Waals surface area contributed by atoms with Crippen LogP contribution in [-0.2, 0) is 13.0 Å². The Kier molecular flexibility index (Phi) is 3.01. The molecule has 4 heteroatoms. The van der Waals surface area contributed by atoms with E-state index in [1.165, 1.54) is 18.4 Å². The van der Waals surface area contributed by atoms with Gasteiger partial charge >= 0.3 is 0 Å². The van der Waals surface area contributed by atoms with Crippen molar-refractivity contribution >= 4 is 34.2 Å². The van der Waals surface area contributed by atoms with Gasteiger partial charge in [-0.05, 0) is 37.0 Å². The summed E-state index contributed by atoms with van der Waals surface area (Å²) in [7, 11) is 0. The van der Waals surface area contributed by atoms with Crippen LogP contribution in [-0.4, -0.2) is 15.4 Å². The highest BCUT2D eigenvalue weighted by molar-refractivity contribution is 6.31. The van der Waals surface area contributed by atoms with Gasteiger partial charge in [-0.25, -0.2) is 4.98 Å². The summed E-state index contributed by atoms with van der Waals surface area (Å²) in [6.45, 7) is 1.07. The molecule has 1 aromatic heterocycles. The monoisotopic (exact) mass is 268 g/mol. The molecule has 1 aliphatic carbocycles. The van der Waals surface area contributed by atoms with Crippen molar-refractivity contribution in [2.75, 3.05) is 5.88 Å². The first-order chi connectivity index (χ1) is 8.28. The topological polar surface area (TPSA) is 17.8 Å². The van der Waals surface area contributed by atoms with Crippen molar-refractivity contribution in [3.05, 3.63) is 29.0 Å². The number of imidazole rings is 1. The number of halogens is 2. The van der Waals surface area contributed by atoms with E-state index in [1.807, 2.05) is 12.1 Å². The maximum atomic E-state index is 6.00. The summed E-state index contributed by atoms with van der Waals surface area (Å²) in [5.74, 6) is 2.53. The van der Waals surface area contributed by atoms with Crippen molar-refractivity contribution in [1.29, 1.82) is 0 Å². The lowest BCUT2D eigenvalue weighted by Crippen LogP contribution is -2.06. The van der Waals surface area contributed by atoms with Crippen LogP contribution in [0.25, 0.3) is 11.0 Å². The number of aromatic nitrogens is 2. The Morgan fingerprint density at radius 1 is 1.35 bits per heavy atom. The molecular formula is C13H14Cl2N2. The summed E-state index contributed by atoms with van der Waals surface area (Å²) in [6, 6.07) is 5.92. The molecule has 0 radical (unpaired) electrons. The molecule has 2 aromatic rings.